The van der Waals surface area contributed by atoms with Crippen molar-refractivity contribution >= 4 is 28.9 Å². The van der Waals surface area contributed by atoms with Crippen LogP contribution in [0.5, 0.6) is 0 Å². The first-order valence-electron chi connectivity index (χ1n) is 9.54. The highest BCUT2D eigenvalue weighted by molar-refractivity contribution is 7.09. The molecule has 2 aliphatic rings. The molecule has 1 fully saturated rings. The molecule has 1 saturated heterocycles. The maximum atomic E-state index is 13.2. The highest BCUT2D eigenvalue weighted by Gasteiger charge is 2.52. The standard InChI is InChI=1S/C20H20N6O2S/c1-3-20-12-28-10-9-26(20)18-14(25(2)19(20)27)11-21-17(22-18)16-15(23-24-29-16)13-7-5-4-6-8-13/h4-8,11H,3,9-10,12H2,1-2H3. The lowest BCUT2D eigenvalue weighted by Gasteiger charge is -2.51. The number of likely N-dealkylation sites (N-methyl/N-ethyl adjacent to an activating group) is 1. The maximum absolute atomic E-state index is 13.2. The minimum absolute atomic E-state index is 0.0213. The molecule has 1 atom stereocenters. The zero-order chi connectivity index (χ0) is 20.0. The molecule has 29 heavy (non-hydrogen) atoms. The molecule has 3 aromatic rings. The van der Waals surface area contributed by atoms with Crippen LogP contribution in [0.2, 0.25) is 0 Å². The first-order chi connectivity index (χ1) is 14.2. The molecule has 2 aliphatic heterocycles. The number of aromatic nitrogens is 4. The van der Waals surface area contributed by atoms with E-state index in [4.69, 9.17) is 9.72 Å². The fourth-order valence-electron chi connectivity index (χ4n) is 4.07. The van der Waals surface area contributed by atoms with Crippen LogP contribution in [0.15, 0.2) is 36.5 Å². The maximum Gasteiger partial charge on any atom is 0.255 e. The molecule has 148 valence electrons. The molecule has 2 aromatic heterocycles. The third kappa shape index (κ3) is 2.65. The van der Waals surface area contributed by atoms with Gasteiger partial charge in [-0.05, 0) is 18.0 Å². The summed E-state index contributed by atoms with van der Waals surface area (Å²) in [5.74, 6) is 1.35. The third-order valence-corrected chi connectivity index (χ3v) is 6.43. The Bertz CT molecular complexity index is 1070. The number of nitrogens with zero attached hydrogens (tertiary/aromatic N) is 6. The highest BCUT2D eigenvalue weighted by Crippen LogP contribution is 2.42. The van der Waals surface area contributed by atoms with Crippen LogP contribution in [0.1, 0.15) is 13.3 Å². The van der Waals surface area contributed by atoms with Crippen molar-refractivity contribution in [1.82, 2.24) is 19.6 Å². The molecule has 0 N–H and O–H groups in total. The van der Waals surface area contributed by atoms with Crippen molar-refractivity contribution in [3.8, 4) is 22.0 Å². The molecule has 9 heteroatoms. The predicted octanol–water partition coefficient (Wildman–Crippen LogP) is 2.62. The number of benzene rings is 1. The molecule has 8 nitrogen and oxygen atoms in total. The van der Waals surface area contributed by atoms with E-state index >= 15 is 0 Å². The van der Waals surface area contributed by atoms with E-state index in [-0.39, 0.29) is 5.91 Å². The lowest BCUT2D eigenvalue weighted by molar-refractivity contribution is -0.128. The van der Waals surface area contributed by atoms with Crippen molar-refractivity contribution in [2.75, 3.05) is 36.6 Å². The van der Waals surface area contributed by atoms with Crippen molar-refractivity contribution in [3.05, 3.63) is 36.5 Å². The number of rotatable bonds is 3. The van der Waals surface area contributed by atoms with Gasteiger partial charge in [-0.1, -0.05) is 41.7 Å². The lowest BCUT2D eigenvalue weighted by atomic mass is 9.89. The number of morpholine rings is 1. The number of fused-ring (bicyclic) bond motifs is 3. The van der Waals surface area contributed by atoms with Crippen LogP contribution < -0.4 is 9.80 Å². The lowest BCUT2D eigenvalue weighted by Crippen LogP contribution is -2.68. The van der Waals surface area contributed by atoms with Gasteiger partial charge < -0.3 is 14.5 Å². The summed E-state index contributed by atoms with van der Waals surface area (Å²) in [5.41, 5.74) is 1.72. The average molecular weight is 408 g/mol. The monoisotopic (exact) mass is 408 g/mol. The Morgan fingerprint density at radius 3 is 2.90 bits per heavy atom. The summed E-state index contributed by atoms with van der Waals surface area (Å²) in [6.07, 6.45) is 2.37. The number of amides is 1. The van der Waals surface area contributed by atoms with Gasteiger partial charge >= 0.3 is 0 Å². The molecule has 0 radical (unpaired) electrons. The number of hydrogen-bond donors (Lipinski definition) is 0. The number of carbonyl (C=O) groups excluding carboxylic acids is 1. The SMILES string of the molecule is CCC12COCCN1c1nc(-c3snnc3-c3ccccc3)ncc1N(C)C2=O. The molecule has 1 unspecified atom stereocenters. The number of anilines is 2. The Labute approximate surface area is 172 Å². The van der Waals surface area contributed by atoms with E-state index in [0.717, 1.165) is 22.0 Å². The number of hydrogen-bond acceptors (Lipinski definition) is 8. The van der Waals surface area contributed by atoms with E-state index in [1.54, 1.807) is 18.1 Å². The molecule has 0 bridgehead atoms. The second kappa shape index (κ2) is 6.85. The van der Waals surface area contributed by atoms with E-state index in [0.29, 0.717) is 37.7 Å². The Balaban J connectivity index is 1.65. The third-order valence-electron chi connectivity index (χ3n) is 5.71. The smallest absolute Gasteiger partial charge is 0.255 e. The van der Waals surface area contributed by atoms with E-state index < -0.39 is 5.54 Å². The Kier molecular flexibility index (Phi) is 4.29. The zero-order valence-corrected chi connectivity index (χ0v) is 17.0. The van der Waals surface area contributed by atoms with Gasteiger partial charge in [-0.25, -0.2) is 9.97 Å². The quantitative estimate of drug-likeness (QED) is 0.659. The molecule has 0 aliphatic carbocycles. The number of ether oxygens (including phenoxy) is 1. The molecule has 4 heterocycles. The van der Waals surface area contributed by atoms with Gasteiger partial charge in [0.2, 0.25) is 0 Å². The molecular weight excluding hydrogens is 388 g/mol. The van der Waals surface area contributed by atoms with Crippen LogP contribution in [0, 0.1) is 0 Å². The van der Waals surface area contributed by atoms with Gasteiger partial charge in [-0.2, -0.15) is 0 Å². The summed E-state index contributed by atoms with van der Waals surface area (Å²) in [4.78, 5) is 27.2. The minimum atomic E-state index is -0.722. The molecule has 0 saturated carbocycles. The Morgan fingerprint density at radius 1 is 1.28 bits per heavy atom. The van der Waals surface area contributed by atoms with E-state index in [2.05, 4.69) is 19.5 Å². The second-order valence-electron chi connectivity index (χ2n) is 7.17. The van der Waals surface area contributed by atoms with Crippen molar-refractivity contribution in [3.63, 3.8) is 0 Å². The molecule has 1 amide bonds. The minimum Gasteiger partial charge on any atom is -0.377 e. The van der Waals surface area contributed by atoms with Gasteiger partial charge in [0, 0.05) is 19.2 Å². The number of carbonyl (C=O) groups is 1. The van der Waals surface area contributed by atoms with Crippen LogP contribution >= 0.6 is 11.5 Å². The topological polar surface area (TPSA) is 84.3 Å². The first kappa shape index (κ1) is 18.1. The van der Waals surface area contributed by atoms with E-state index in [1.807, 2.05) is 37.3 Å². The summed E-state index contributed by atoms with van der Waals surface area (Å²) < 4.78 is 9.83. The highest BCUT2D eigenvalue weighted by atomic mass is 32.1. The van der Waals surface area contributed by atoms with Crippen LogP contribution in [-0.2, 0) is 9.53 Å². The van der Waals surface area contributed by atoms with E-state index in [9.17, 15) is 4.79 Å². The van der Waals surface area contributed by atoms with Gasteiger partial charge in [0.1, 0.15) is 21.8 Å². The van der Waals surface area contributed by atoms with E-state index in [1.165, 1.54) is 11.5 Å². The van der Waals surface area contributed by atoms with Gasteiger partial charge in [0.15, 0.2) is 11.6 Å². The van der Waals surface area contributed by atoms with Crippen LogP contribution in [0.25, 0.3) is 22.0 Å². The van der Waals surface area contributed by atoms with Gasteiger partial charge in [-0.3, -0.25) is 4.79 Å². The second-order valence-corrected chi connectivity index (χ2v) is 7.93. The van der Waals surface area contributed by atoms with Crippen LogP contribution in [-0.4, -0.2) is 57.8 Å². The van der Waals surface area contributed by atoms with Crippen LogP contribution in [0.4, 0.5) is 11.5 Å². The molecule has 1 aromatic carbocycles. The zero-order valence-electron chi connectivity index (χ0n) is 16.2. The molecule has 5 rings (SSSR count). The average Bonchev–Trinajstić information content (AvgIpc) is 3.27. The van der Waals surface area contributed by atoms with Gasteiger partial charge in [0.25, 0.3) is 5.91 Å². The van der Waals surface area contributed by atoms with Crippen molar-refractivity contribution in [1.29, 1.82) is 0 Å². The summed E-state index contributed by atoms with van der Waals surface area (Å²) in [6.45, 7) is 3.56. The van der Waals surface area contributed by atoms with Gasteiger partial charge in [0.05, 0.1) is 19.4 Å². The van der Waals surface area contributed by atoms with Crippen molar-refractivity contribution in [2.24, 2.45) is 0 Å². The first-order valence-corrected chi connectivity index (χ1v) is 10.3. The Hall–Kier alpha value is -2.91. The normalized spacial score (nSPS) is 21.1. The summed E-state index contributed by atoms with van der Waals surface area (Å²) in [5, 5.41) is 4.30. The molecule has 0 spiro atoms. The van der Waals surface area contributed by atoms with Crippen molar-refractivity contribution in [2.45, 2.75) is 18.9 Å². The Morgan fingerprint density at radius 2 is 2.10 bits per heavy atom. The van der Waals surface area contributed by atoms with Crippen molar-refractivity contribution < 1.29 is 9.53 Å². The van der Waals surface area contributed by atoms with Crippen LogP contribution in [0.3, 0.4) is 0 Å². The molecular formula is C20H20N6O2S. The summed E-state index contributed by atoms with van der Waals surface area (Å²) in [6, 6.07) is 9.89. The predicted molar refractivity (Wildman–Crippen MR) is 111 cm³/mol. The van der Waals surface area contributed by atoms with Gasteiger partial charge in [-0.15, -0.1) is 5.10 Å². The largest absolute Gasteiger partial charge is 0.377 e. The fourth-order valence-corrected chi connectivity index (χ4v) is 4.70. The summed E-state index contributed by atoms with van der Waals surface area (Å²) >= 11 is 1.27. The summed E-state index contributed by atoms with van der Waals surface area (Å²) in [7, 11) is 1.78. The fraction of sp³-hybridized carbons (Fsp3) is 0.350.